The summed E-state index contributed by atoms with van der Waals surface area (Å²) in [6.07, 6.45) is 0. The van der Waals surface area contributed by atoms with Crippen LogP contribution in [-0.2, 0) is 13.1 Å². The molecular formula is C13H20N4O. The molecule has 2 heterocycles. The number of nitrogens with zero attached hydrogens (tertiary/aromatic N) is 3. The molecule has 0 radical (unpaired) electrons. The lowest BCUT2D eigenvalue weighted by atomic mass is 10.1. The quantitative estimate of drug-likeness (QED) is 0.882. The largest absolute Gasteiger partial charge is 0.356 e. The van der Waals surface area contributed by atoms with E-state index in [2.05, 4.69) is 36.3 Å². The number of nitrogens with one attached hydrogen (secondary N) is 1. The molecule has 0 saturated heterocycles. The van der Waals surface area contributed by atoms with Crippen LogP contribution in [0.1, 0.15) is 30.9 Å². The molecule has 0 fully saturated rings. The van der Waals surface area contributed by atoms with Gasteiger partial charge < -0.3 is 9.84 Å². The van der Waals surface area contributed by atoms with Gasteiger partial charge in [0.2, 0.25) is 0 Å². The van der Waals surface area contributed by atoms with Gasteiger partial charge in [-0.05, 0) is 27.3 Å². The van der Waals surface area contributed by atoms with Crippen molar-refractivity contribution < 1.29 is 4.52 Å². The highest BCUT2D eigenvalue weighted by atomic mass is 16.5. The average Bonchev–Trinajstić information content (AvgIpc) is 2.91. The first kappa shape index (κ1) is 12.8. The van der Waals surface area contributed by atoms with Gasteiger partial charge in [-0.1, -0.05) is 12.1 Å². The topological polar surface area (TPSA) is 55.9 Å². The number of hydrogen-bond acceptors (Lipinski definition) is 4. The molecule has 0 amide bonds. The summed E-state index contributed by atoms with van der Waals surface area (Å²) in [6.45, 7) is 10.7. The van der Waals surface area contributed by atoms with E-state index in [1.54, 1.807) is 0 Å². The third-order valence-corrected chi connectivity index (χ3v) is 3.04. The lowest BCUT2D eigenvalue weighted by Crippen LogP contribution is -2.11. The van der Waals surface area contributed by atoms with Gasteiger partial charge in [0.1, 0.15) is 0 Å². The molecule has 0 saturated carbocycles. The normalized spacial score (nSPS) is 11.1. The number of aryl methyl sites for hydroxylation is 2. The Kier molecular flexibility index (Phi) is 3.81. The first-order valence-electron chi connectivity index (χ1n) is 6.38. The second-order valence-corrected chi connectivity index (χ2v) is 4.32. The molecule has 0 aliphatic carbocycles. The van der Waals surface area contributed by atoms with Gasteiger partial charge in [-0.2, -0.15) is 5.10 Å². The van der Waals surface area contributed by atoms with Gasteiger partial charge in [0.05, 0.1) is 17.0 Å². The van der Waals surface area contributed by atoms with Crippen LogP contribution in [0.15, 0.2) is 10.6 Å². The molecular weight excluding hydrogens is 228 g/mol. The van der Waals surface area contributed by atoms with Crippen molar-refractivity contribution in [1.29, 1.82) is 0 Å². The molecule has 0 aliphatic rings. The van der Waals surface area contributed by atoms with Crippen LogP contribution in [0.25, 0.3) is 11.3 Å². The van der Waals surface area contributed by atoms with E-state index in [1.807, 2.05) is 17.7 Å². The summed E-state index contributed by atoms with van der Waals surface area (Å²) in [7, 11) is 0. The monoisotopic (exact) mass is 248 g/mol. The maximum atomic E-state index is 5.42. The number of rotatable bonds is 5. The third-order valence-electron chi connectivity index (χ3n) is 3.04. The smallest absolute Gasteiger partial charge is 0.170 e. The van der Waals surface area contributed by atoms with Crippen molar-refractivity contribution in [2.75, 3.05) is 6.54 Å². The first-order chi connectivity index (χ1) is 8.67. The standard InChI is InChI=1S/C13H20N4O/c1-5-14-8-11-7-12(18-16-11)13-9(3)15-17(6-2)10(13)4/h7,14H,5-6,8H2,1-4H3. The fraction of sp³-hybridized carbons (Fsp3) is 0.538. The van der Waals surface area contributed by atoms with Crippen molar-refractivity contribution in [3.63, 3.8) is 0 Å². The summed E-state index contributed by atoms with van der Waals surface area (Å²) in [5.74, 6) is 0.803. The Labute approximate surface area is 107 Å². The minimum Gasteiger partial charge on any atom is -0.356 e. The maximum absolute atomic E-state index is 5.42. The molecule has 2 aromatic rings. The number of hydrogen-bond donors (Lipinski definition) is 1. The van der Waals surface area contributed by atoms with E-state index in [4.69, 9.17) is 4.52 Å². The minimum absolute atomic E-state index is 0.736. The molecule has 0 atom stereocenters. The molecule has 0 unspecified atom stereocenters. The second-order valence-electron chi connectivity index (χ2n) is 4.32. The van der Waals surface area contributed by atoms with Gasteiger partial charge in [0.25, 0.3) is 0 Å². The third kappa shape index (κ3) is 2.31. The fourth-order valence-electron chi connectivity index (χ4n) is 2.13. The summed E-state index contributed by atoms with van der Waals surface area (Å²) >= 11 is 0. The highest BCUT2D eigenvalue weighted by molar-refractivity contribution is 5.63. The second kappa shape index (κ2) is 5.35. The van der Waals surface area contributed by atoms with E-state index < -0.39 is 0 Å². The van der Waals surface area contributed by atoms with Gasteiger partial charge in [0, 0.05) is 24.8 Å². The predicted molar refractivity (Wildman–Crippen MR) is 70.3 cm³/mol. The van der Waals surface area contributed by atoms with Crippen LogP contribution in [0.5, 0.6) is 0 Å². The van der Waals surface area contributed by atoms with Gasteiger partial charge in [-0.15, -0.1) is 0 Å². The van der Waals surface area contributed by atoms with E-state index in [1.165, 1.54) is 0 Å². The Balaban J connectivity index is 2.31. The zero-order valence-electron chi connectivity index (χ0n) is 11.4. The van der Waals surface area contributed by atoms with Gasteiger partial charge in [0.15, 0.2) is 5.76 Å². The Morgan fingerprint density at radius 2 is 2.11 bits per heavy atom. The molecule has 0 spiro atoms. The van der Waals surface area contributed by atoms with Crippen LogP contribution in [0.4, 0.5) is 0 Å². The van der Waals surface area contributed by atoms with Crippen molar-refractivity contribution in [3.05, 3.63) is 23.1 Å². The van der Waals surface area contributed by atoms with E-state index in [0.29, 0.717) is 0 Å². The van der Waals surface area contributed by atoms with Crippen LogP contribution >= 0.6 is 0 Å². The van der Waals surface area contributed by atoms with E-state index >= 15 is 0 Å². The summed E-state index contributed by atoms with van der Waals surface area (Å²) in [6, 6.07) is 1.99. The molecule has 1 N–H and O–H groups in total. The highest BCUT2D eigenvalue weighted by Crippen LogP contribution is 2.27. The molecule has 0 aliphatic heterocycles. The molecule has 0 bridgehead atoms. The first-order valence-corrected chi connectivity index (χ1v) is 6.38. The summed E-state index contributed by atoms with van der Waals surface area (Å²) in [5.41, 5.74) is 4.10. The van der Waals surface area contributed by atoms with Crippen molar-refractivity contribution in [1.82, 2.24) is 20.3 Å². The van der Waals surface area contributed by atoms with Crippen LogP contribution in [0.3, 0.4) is 0 Å². The summed E-state index contributed by atoms with van der Waals surface area (Å²) in [5, 5.41) is 11.8. The summed E-state index contributed by atoms with van der Waals surface area (Å²) in [4.78, 5) is 0. The molecule has 2 rings (SSSR count). The molecule has 98 valence electrons. The fourth-order valence-corrected chi connectivity index (χ4v) is 2.13. The van der Waals surface area contributed by atoms with Crippen LogP contribution < -0.4 is 5.32 Å². The van der Waals surface area contributed by atoms with Crippen molar-refractivity contribution >= 4 is 0 Å². The van der Waals surface area contributed by atoms with Crippen molar-refractivity contribution in [3.8, 4) is 11.3 Å². The Bertz CT molecular complexity index is 527. The Hall–Kier alpha value is -1.62. The van der Waals surface area contributed by atoms with Crippen molar-refractivity contribution in [2.45, 2.75) is 40.8 Å². The van der Waals surface area contributed by atoms with E-state index in [-0.39, 0.29) is 0 Å². The number of aromatic nitrogens is 3. The SMILES string of the molecule is CCNCc1cc(-c2c(C)nn(CC)c2C)on1. The predicted octanol–water partition coefficient (Wildman–Crippen LogP) is 2.28. The summed E-state index contributed by atoms with van der Waals surface area (Å²) < 4.78 is 7.41. The van der Waals surface area contributed by atoms with Gasteiger partial charge in [-0.25, -0.2) is 0 Å². The highest BCUT2D eigenvalue weighted by Gasteiger charge is 2.16. The molecule has 5 nitrogen and oxygen atoms in total. The minimum atomic E-state index is 0.736. The molecule has 18 heavy (non-hydrogen) atoms. The lowest BCUT2D eigenvalue weighted by molar-refractivity contribution is 0.420. The lowest BCUT2D eigenvalue weighted by Gasteiger charge is -1.98. The van der Waals surface area contributed by atoms with Crippen LogP contribution in [-0.4, -0.2) is 21.5 Å². The average molecular weight is 248 g/mol. The van der Waals surface area contributed by atoms with E-state index in [0.717, 1.165) is 48.0 Å². The van der Waals surface area contributed by atoms with Crippen LogP contribution in [0, 0.1) is 13.8 Å². The Morgan fingerprint density at radius 3 is 2.72 bits per heavy atom. The zero-order valence-corrected chi connectivity index (χ0v) is 11.4. The maximum Gasteiger partial charge on any atom is 0.170 e. The zero-order chi connectivity index (χ0) is 13.1. The van der Waals surface area contributed by atoms with E-state index in [9.17, 15) is 0 Å². The molecule has 2 aromatic heterocycles. The Morgan fingerprint density at radius 1 is 1.33 bits per heavy atom. The van der Waals surface area contributed by atoms with Crippen molar-refractivity contribution in [2.24, 2.45) is 0 Å². The molecule has 5 heteroatoms. The van der Waals surface area contributed by atoms with Gasteiger partial charge >= 0.3 is 0 Å². The molecule has 0 aromatic carbocycles. The van der Waals surface area contributed by atoms with Gasteiger partial charge in [-0.3, -0.25) is 4.68 Å². The van der Waals surface area contributed by atoms with Crippen LogP contribution in [0.2, 0.25) is 0 Å².